The lowest BCUT2D eigenvalue weighted by molar-refractivity contribution is 0.0950. The number of amides is 1. The zero-order chi connectivity index (χ0) is 23.6. The number of nitrogens with one attached hydrogen (secondary N) is 2. The standard InChI is InChI=1S/C22H26N4O5S2/c1-23-32(28,29)15-17-8-6-16(7-9-17)14-24-22(27)18-10-11-19-20(13-18)33(30,31)25-21-5-3-2-4-12-26(19)21/h6-11,13,23H,2-5,12,14-15H2,1H3,(H,24,27). The van der Waals surface area contributed by atoms with E-state index in [1.807, 2.05) is 4.90 Å². The predicted octanol–water partition coefficient (Wildman–Crippen LogP) is 2.15. The second-order valence-electron chi connectivity index (χ2n) is 8.09. The van der Waals surface area contributed by atoms with Crippen LogP contribution in [0.1, 0.15) is 47.2 Å². The van der Waals surface area contributed by atoms with Crippen molar-refractivity contribution in [2.24, 2.45) is 4.40 Å². The second-order valence-corrected chi connectivity index (χ2v) is 11.6. The Morgan fingerprint density at radius 1 is 1.06 bits per heavy atom. The van der Waals surface area contributed by atoms with Crippen LogP contribution in [0.25, 0.3) is 0 Å². The number of carbonyl (C=O) groups excluding carboxylic acids is 1. The lowest BCUT2D eigenvalue weighted by Gasteiger charge is -2.29. The summed E-state index contributed by atoms with van der Waals surface area (Å²) in [6.45, 7) is 0.925. The van der Waals surface area contributed by atoms with E-state index < -0.39 is 26.0 Å². The first kappa shape index (κ1) is 23.4. The summed E-state index contributed by atoms with van der Waals surface area (Å²) in [6.07, 6.45) is 3.52. The van der Waals surface area contributed by atoms with Crippen LogP contribution in [0.2, 0.25) is 0 Å². The van der Waals surface area contributed by atoms with Crippen LogP contribution in [0.15, 0.2) is 51.8 Å². The Morgan fingerprint density at radius 2 is 1.79 bits per heavy atom. The SMILES string of the molecule is CNS(=O)(=O)Cc1ccc(CNC(=O)c2ccc3c(c2)S(=O)(=O)N=C2CCCCCN23)cc1. The molecule has 9 nitrogen and oxygen atoms in total. The lowest BCUT2D eigenvalue weighted by atomic mass is 10.1. The lowest BCUT2D eigenvalue weighted by Crippen LogP contribution is -2.35. The molecule has 0 radical (unpaired) electrons. The number of benzene rings is 2. The highest BCUT2D eigenvalue weighted by Crippen LogP contribution is 2.35. The molecule has 0 aliphatic carbocycles. The van der Waals surface area contributed by atoms with Gasteiger partial charge < -0.3 is 10.2 Å². The Bertz CT molecular complexity index is 1300. The molecule has 0 bridgehead atoms. The number of fused-ring (bicyclic) bond motifs is 3. The van der Waals surface area contributed by atoms with Gasteiger partial charge >= 0.3 is 0 Å². The monoisotopic (exact) mass is 490 g/mol. The Morgan fingerprint density at radius 3 is 2.52 bits per heavy atom. The molecule has 2 aliphatic rings. The smallest absolute Gasteiger partial charge is 0.286 e. The summed E-state index contributed by atoms with van der Waals surface area (Å²) in [6, 6.07) is 11.6. The molecule has 176 valence electrons. The van der Waals surface area contributed by atoms with Crippen molar-refractivity contribution in [1.82, 2.24) is 10.0 Å². The van der Waals surface area contributed by atoms with Gasteiger partial charge in [-0.25, -0.2) is 13.1 Å². The van der Waals surface area contributed by atoms with E-state index in [2.05, 4.69) is 14.4 Å². The average Bonchev–Trinajstić information content (AvgIpc) is 3.03. The molecule has 1 fully saturated rings. The number of rotatable bonds is 6. The number of hydrogen-bond donors (Lipinski definition) is 2. The Labute approximate surface area is 194 Å². The van der Waals surface area contributed by atoms with Crippen molar-refractivity contribution in [1.29, 1.82) is 0 Å². The van der Waals surface area contributed by atoms with E-state index in [-0.39, 0.29) is 22.8 Å². The van der Waals surface area contributed by atoms with Crippen LogP contribution >= 0.6 is 0 Å². The third kappa shape index (κ3) is 5.26. The zero-order valence-corrected chi connectivity index (χ0v) is 19.9. The van der Waals surface area contributed by atoms with Crippen LogP contribution in [0, 0.1) is 0 Å². The molecule has 2 heterocycles. The van der Waals surface area contributed by atoms with E-state index in [4.69, 9.17) is 0 Å². The zero-order valence-electron chi connectivity index (χ0n) is 18.2. The Hall–Kier alpha value is -2.76. The third-order valence-electron chi connectivity index (χ3n) is 5.75. The molecule has 11 heteroatoms. The largest absolute Gasteiger partial charge is 0.348 e. The van der Waals surface area contributed by atoms with Gasteiger partial charge in [-0.1, -0.05) is 30.7 Å². The fourth-order valence-electron chi connectivity index (χ4n) is 3.95. The maximum absolute atomic E-state index is 12.8. The minimum Gasteiger partial charge on any atom is -0.348 e. The molecule has 0 saturated carbocycles. The molecule has 4 rings (SSSR count). The molecule has 1 saturated heterocycles. The second kappa shape index (κ2) is 9.24. The van der Waals surface area contributed by atoms with Gasteiger partial charge in [0.1, 0.15) is 10.7 Å². The molecule has 0 unspecified atom stereocenters. The fourth-order valence-corrected chi connectivity index (χ4v) is 6.01. The first-order valence-corrected chi connectivity index (χ1v) is 13.8. The molecular formula is C22H26N4O5S2. The third-order valence-corrected chi connectivity index (χ3v) is 8.42. The molecule has 2 aromatic carbocycles. The highest BCUT2D eigenvalue weighted by atomic mass is 32.2. The topological polar surface area (TPSA) is 125 Å². The quantitative estimate of drug-likeness (QED) is 0.639. The summed E-state index contributed by atoms with van der Waals surface area (Å²) in [4.78, 5) is 14.7. The molecule has 0 atom stereocenters. The van der Waals surface area contributed by atoms with Crippen molar-refractivity contribution >= 4 is 37.5 Å². The maximum Gasteiger partial charge on any atom is 0.286 e. The average molecular weight is 491 g/mol. The van der Waals surface area contributed by atoms with E-state index in [1.165, 1.54) is 13.1 Å². The predicted molar refractivity (Wildman–Crippen MR) is 126 cm³/mol. The molecule has 0 aromatic heterocycles. The first-order chi connectivity index (χ1) is 15.7. The van der Waals surface area contributed by atoms with Crippen LogP contribution in [0.5, 0.6) is 0 Å². The van der Waals surface area contributed by atoms with Gasteiger partial charge in [0.15, 0.2) is 0 Å². The van der Waals surface area contributed by atoms with Gasteiger partial charge in [-0.3, -0.25) is 4.79 Å². The normalized spacial score (nSPS) is 17.4. The van der Waals surface area contributed by atoms with Gasteiger partial charge in [0.2, 0.25) is 10.0 Å². The maximum atomic E-state index is 12.8. The van der Waals surface area contributed by atoms with Gasteiger partial charge in [-0.05, 0) is 49.2 Å². The summed E-state index contributed by atoms with van der Waals surface area (Å²) in [7, 11) is -5.85. The highest BCUT2D eigenvalue weighted by molar-refractivity contribution is 7.90. The summed E-state index contributed by atoms with van der Waals surface area (Å²) in [5, 5.41) is 2.78. The van der Waals surface area contributed by atoms with Crippen molar-refractivity contribution in [2.75, 3.05) is 18.5 Å². The van der Waals surface area contributed by atoms with Crippen molar-refractivity contribution in [3.05, 3.63) is 59.2 Å². The molecule has 33 heavy (non-hydrogen) atoms. The van der Waals surface area contributed by atoms with Gasteiger partial charge in [-0.2, -0.15) is 8.42 Å². The summed E-state index contributed by atoms with van der Waals surface area (Å²) < 4.78 is 55.1. The van der Waals surface area contributed by atoms with Crippen molar-refractivity contribution in [3.63, 3.8) is 0 Å². The highest BCUT2D eigenvalue weighted by Gasteiger charge is 2.32. The number of anilines is 1. The minimum atomic E-state index is -3.86. The number of amidine groups is 1. The van der Waals surface area contributed by atoms with Crippen molar-refractivity contribution in [2.45, 2.75) is 42.9 Å². The van der Waals surface area contributed by atoms with Crippen LogP contribution in [-0.2, 0) is 32.3 Å². The van der Waals surface area contributed by atoms with Crippen LogP contribution in [-0.4, -0.2) is 42.2 Å². The van der Waals surface area contributed by atoms with Gasteiger partial charge in [0, 0.05) is 25.1 Å². The van der Waals surface area contributed by atoms with E-state index in [0.29, 0.717) is 30.1 Å². The summed E-state index contributed by atoms with van der Waals surface area (Å²) in [5.41, 5.74) is 2.24. The number of sulfonamides is 2. The van der Waals surface area contributed by atoms with Crippen LogP contribution in [0.4, 0.5) is 5.69 Å². The minimum absolute atomic E-state index is 0.0518. The van der Waals surface area contributed by atoms with E-state index >= 15 is 0 Å². The van der Waals surface area contributed by atoms with Crippen molar-refractivity contribution in [3.8, 4) is 0 Å². The molecule has 0 spiro atoms. The van der Waals surface area contributed by atoms with E-state index in [9.17, 15) is 21.6 Å². The van der Waals surface area contributed by atoms with Crippen molar-refractivity contribution < 1.29 is 21.6 Å². The van der Waals surface area contributed by atoms with Gasteiger partial charge in [-0.15, -0.1) is 4.40 Å². The Kier molecular flexibility index (Phi) is 6.55. The first-order valence-electron chi connectivity index (χ1n) is 10.7. The number of hydrogen-bond acceptors (Lipinski definition) is 6. The molecular weight excluding hydrogens is 464 g/mol. The Balaban J connectivity index is 1.47. The molecule has 1 amide bonds. The summed E-state index contributed by atoms with van der Waals surface area (Å²) >= 11 is 0. The summed E-state index contributed by atoms with van der Waals surface area (Å²) in [5.74, 6) is 0.0460. The van der Waals surface area contributed by atoms with Crippen LogP contribution in [0.3, 0.4) is 0 Å². The molecule has 2 aliphatic heterocycles. The molecule has 2 N–H and O–H groups in total. The van der Waals surface area contributed by atoms with Crippen LogP contribution < -0.4 is 14.9 Å². The van der Waals surface area contributed by atoms with E-state index in [1.54, 1.807) is 36.4 Å². The molecule has 2 aromatic rings. The van der Waals surface area contributed by atoms with Gasteiger partial charge in [0.05, 0.1) is 11.4 Å². The number of carbonyl (C=O) groups is 1. The number of nitrogens with zero attached hydrogens (tertiary/aromatic N) is 2. The van der Waals surface area contributed by atoms with Gasteiger partial charge in [0.25, 0.3) is 15.9 Å². The fraction of sp³-hybridized carbons (Fsp3) is 0.364. The van der Waals surface area contributed by atoms with E-state index in [0.717, 1.165) is 24.8 Å².